The smallest absolute Gasteiger partial charge is 0.0957 e. The Morgan fingerprint density at radius 2 is 1.88 bits per heavy atom. The maximum atomic E-state index is 10.2. The first-order chi connectivity index (χ1) is 7.42. The van der Waals surface area contributed by atoms with Crippen molar-refractivity contribution in [2.75, 3.05) is 0 Å². The van der Waals surface area contributed by atoms with E-state index >= 15 is 0 Å². The minimum atomic E-state index is -0.979. The number of aryl methyl sites for hydroxylation is 2. The first-order valence-electron chi connectivity index (χ1n) is 5.76. The van der Waals surface area contributed by atoms with Gasteiger partial charge in [-0.2, -0.15) is 0 Å². The van der Waals surface area contributed by atoms with E-state index in [1.165, 1.54) is 4.88 Å². The Bertz CT molecular complexity index is 325. The standard InChI is InChI=1S/C12H21NO2S/c1-5-12(15,6-2)10(14)7-11-13-8(3)9(4)16-11/h10,14-15H,5-7H2,1-4H3. The van der Waals surface area contributed by atoms with Crippen LogP contribution in [0.2, 0.25) is 0 Å². The zero-order chi connectivity index (χ0) is 12.3. The fraction of sp³-hybridized carbons (Fsp3) is 0.750. The molecule has 0 amide bonds. The minimum absolute atomic E-state index is 0.442. The molecule has 0 spiro atoms. The van der Waals surface area contributed by atoms with Crippen LogP contribution in [-0.4, -0.2) is 26.9 Å². The Morgan fingerprint density at radius 1 is 1.31 bits per heavy atom. The molecule has 0 aromatic carbocycles. The van der Waals surface area contributed by atoms with E-state index in [2.05, 4.69) is 4.98 Å². The van der Waals surface area contributed by atoms with E-state index in [1.807, 2.05) is 27.7 Å². The van der Waals surface area contributed by atoms with Crippen LogP contribution in [0.25, 0.3) is 0 Å². The molecule has 1 unspecified atom stereocenters. The van der Waals surface area contributed by atoms with Crippen molar-refractivity contribution in [3.63, 3.8) is 0 Å². The summed E-state index contributed by atoms with van der Waals surface area (Å²) >= 11 is 1.60. The van der Waals surface area contributed by atoms with Crippen molar-refractivity contribution in [1.29, 1.82) is 0 Å². The van der Waals surface area contributed by atoms with E-state index in [1.54, 1.807) is 11.3 Å². The number of aromatic nitrogens is 1. The third-order valence-corrected chi connectivity index (χ3v) is 4.38. The van der Waals surface area contributed by atoms with E-state index in [0.717, 1.165) is 10.7 Å². The van der Waals surface area contributed by atoms with Gasteiger partial charge in [-0.25, -0.2) is 4.98 Å². The Morgan fingerprint density at radius 3 is 2.25 bits per heavy atom. The lowest BCUT2D eigenvalue weighted by Gasteiger charge is -2.30. The van der Waals surface area contributed by atoms with Gasteiger partial charge in [0, 0.05) is 11.3 Å². The van der Waals surface area contributed by atoms with E-state index in [0.29, 0.717) is 19.3 Å². The van der Waals surface area contributed by atoms with Crippen molar-refractivity contribution in [3.8, 4) is 0 Å². The molecular formula is C12H21NO2S. The van der Waals surface area contributed by atoms with E-state index in [4.69, 9.17) is 0 Å². The number of aliphatic hydroxyl groups is 2. The lowest BCUT2D eigenvalue weighted by molar-refractivity contribution is -0.0790. The van der Waals surface area contributed by atoms with Gasteiger partial charge in [-0.3, -0.25) is 0 Å². The molecule has 1 heterocycles. The van der Waals surface area contributed by atoms with Gasteiger partial charge < -0.3 is 10.2 Å². The topological polar surface area (TPSA) is 53.4 Å². The number of aliphatic hydroxyl groups excluding tert-OH is 1. The molecule has 0 saturated heterocycles. The van der Waals surface area contributed by atoms with Crippen molar-refractivity contribution >= 4 is 11.3 Å². The molecule has 0 aliphatic carbocycles. The molecule has 1 aromatic heterocycles. The van der Waals surface area contributed by atoms with Crippen LogP contribution < -0.4 is 0 Å². The molecule has 0 aliphatic rings. The Kier molecular flexibility index (Phi) is 4.47. The molecule has 1 atom stereocenters. The molecule has 1 aromatic rings. The second-order valence-electron chi connectivity index (χ2n) is 4.28. The van der Waals surface area contributed by atoms with Crippen molar-refractivity contribution in [2.45, 2.75) is 58.7 Å². The highest BCUT2D eigenvalue weighted by Gasteiger charge is 2.32. The van der Waals surface area contributed by atoms with Crippen LogP contribution in [0.4, 0.5) is 0 Å². The van der Waals surface area contributed by atoms with Gasteiger partial charge in [-0.15, -0.1) is 11.3 Å². The maximum absolute atomic E-state index is 10.2. The summed E-state index contributed by atoms with van der Waals surface area (Å²) in [6.45, 7) is 7.78. The average Bonchev–Trinajstić information content (AvgIpc) is 2.56. The van der Waals surface area contributed by atoms with Crippen LogP contribution in [0, 0.1) is 13.8 Å². The maximum Gasteiger partial charge on any atom is 0.0957 e. The summed E-state index contributed by atoms with van der Waals surface area (Å²) < 4.78 is 0. The van der Waals surface area contributed by atoms with Crippen LogP contribution in [0.15, 0.2) is 0 Å². The summed E-state index contributed by atoms with van der Waals surface area (Å²) in [6.07, 6.45) is 0.840. The molecule has 1 rings (SSSR count). The number of nitrogens with zero attached hydrogens (tertiary/aromatic N) is 1. The Labute approximate surface area is 101 Å². The molecule has 3 nitrogen and oxygen atoms in total. The highest BCUT2D eigenvalue weighted by atomic mass is 32.1. The van der Waals surface area contributed by atoms with Crippen LogP contribution >= 0.6 is 11.3 Å². The zero-order valence-corrected chi connectivity index (χ0v) is 11.3. The fourth-order valence-corrected chi connectivity index (χ4v) is 2.67. The summed E-state index contributed by atoms with van der Waals surface area (Å²) in [5, 5.41) is 21.1. The summed E-state index contributed by atoms with van der Waals surface area (Å²) in [7, 11) is 0. The molecule has 4 heteroatoms. The quantitative estimate of drug-likeness (QED) is 0.833. The van der Waals surface area contributed by atoms with Gasteiger partial charge in [-0.05, 0) is 26.7 Å². The van der Waals surface area contributed by atoms with Gasteiger partial charge in [0.1, 0.15) is 0 Å². The molecule has 0 bridgehead atoms. The van der Waals surface area contributed by atoms with Gasteiger partial charge >= 0.3 is 0 Å². The van der Waals surface area contributed by atoms with Crippen molar-refractivity contribution in [3.05, 3.63) is 15.6 Å². The number of thiazole rings is 1. The third-order valence-electron chi connectivity index (χ3n) is 3.29. The van der Waals surface area contributed by atoms with E-state index < -0.39 is 11.7 Å². The predicted molar refractivity (Wildman–Crippen MR) is 66.8 cm³/mol. The summed E-state index contributed by atoms with van der Waals surface area (Å²) in [5.74, 6) is 0. The second kappa shape index (κ2) is 5.25. The highest BCUT2D eigenvalue weighted by molar-refractivity contribution is 7.11. The lowest BCUT2D eigenvalue weighted by atomic mass is 9.89. The Hall–Kier alpha value is -0.450. The molecule has 0 aliphatic heterocycles. The molecule has 16 heavy (non-hydrogen) atoms. The number of hydrogen-bond acceptors (Lipinski definition) is 4. The van der Waals surface area contributed by atoms with Crippen LogP contribution in [-0.2, 0) is 6.42 Å². The largest absolute Gasteiger partial charge is 0.390 e. The molecule has 92 valence electrons. The number of rotatable bonds is 5. The molecule has 0 fully saturated rings. The van der Waals surface area contributed by atoms with Gasteiger partial charge in [0.25, 0.3) is 0 Å². The normalized spacial score (nSPS) is 14.1. The predicted octanol–water partition coefficient (Wildman–Crippen LogP) is 2.21. The summed E-state index contributed by atoms with van der Waals surface area (Å²) in [4.78, 5) is 5.56. The van der Waals surface area contributed by atoms with Gasteiger partial charge in [0.05, 0.1) is 22.4 Å². The fourth-order valence-electron chi connectivity index (χ4n) is 1.70. The average molecular weight is 243 g/mol. The van der Waals surface area contributed by atoms with E-state index in [-0.39, 0.29) is 0 Å². The van der Waals surface area contributed by atoms with E-state index in [9.17, 15) is 10.2 Å². The molecule has 0 radical (unpaired) electrons. The van der Waals surface area contributed by atoms with Crippen LogP contribution in [0.3, 0.4) is 0 Å². The van der Waals surface area contributed by atoms with Crippen molar-refractivity contribution in [2.24, 2.45) is 0 Å². The summed E-state index contributed by atoms with van der Waals surface area (Å²) in [5.41, 5.74) is 0.0387. The first kappa shape index (κ1) is 13.6. The lowest BCUT2D eigenvalue weighted by Crippen LogP contribution is -2.42. The van der Waals surface area contributed by atoms with Crippen LogP contribution in [0.1, 0.15) is 42.3 Å². The number of hydrogen-bond donors (Lipinski definition) is 2. The van der Waals surface area contributed by atoms with Crippen LogP contribution in [0.5, 0.6) is 0 Å². The second-order valence-corrected chi connectivity index (χ2v) is 5.57. The SMILES string of the molecule is CCC(O)(CC)C(O)Cc1nc(C)c(C)s1. The van der Waals surface area contributed by atoms with Gasteiger partial charge in [0.2, 0.25) is 0 Å². The molecular weight excluding hydrogens is 222 g/mol. The van der Waals surface area contributed by atoms with Crippen molar-refractivity contribution in [1.82, 2.24) is 4.98 Å². The first-order valence-corrected chi connectivity index (χ1v) is 6.58. The minimum Gasteiger partial charge on any atom is -0.390 e. The van der Waals surface area contributed by atoms with Gasteiger partial charge in [-0.1, -0.05) is 13.8 Å². The van der Waals surface area contributed by atoms with Gasteiger partial charge in [0.15, 0.2) is 0 Å². The summed E-state index contributed by atoms with van der Waals surface area (Å²) in [6, 6.07) is 0. The molecule has 0 saturated carbocycles. The zero-order valence-electron chi connectivity index (χ0n) is 10.4. The Balaban J connectivity index is 2.74. The third kappa shape index (κ3) is 2.81. The highest BCUT2D eigenvalue weighted by Crippen LogP contribution is 2.25. The molecule has 2 N–H and O–H groups in total. The van der Waals surface area contributed by atoms with Crippen molar-refractivity contribution < 1.29 is 10.2 Å². The monoisotopic (exact) mass is 243 g/mol.